The molecule has 0 atom stereocenters. The van der Waals surface area contributed by atoms with E-state index < -0.39 is 0 Å². The van der Waals surface area contributed by atoms with Crippen LogP contribution in [0.4, 0.5) is 0 Å². The minimum atomic E-state index is -0.213. The zero-order valence-electron chi connectivity index (χ0n) is 12.1. The van der Waals surface area contributed by atoms with E-state index in [-0.39, 0.29) is 5.97 Å². The number of likely N-dealkylation sites (N-methyl/N-ethyl adjacent to an activating group) is 1. The normalized spacial score (nSPS) is 11.2. The van der Waals surface area contributed by atoms with E-state index in [0.717, 1.165) is 36.1 Å². The van der Waals surface area contributed by atoms with Gasteiger partial charge in [0.15, 0.2) is 0 Å². The molecule has 2 aromatic rings. The lowest BCUT2D eigenvalue weighted by atomic mass is 10.2. The minimum Gasteiger partial charge on any atom is -0.461 e. The Labute approximate surface area is 124 Å². The van der Waals surface area contributed by atoms with Crippen molar-refractivity contribution in [3.05, 3.63) is 35.2 Å². The van der Waals surface area contributed by atoms with Crippen LogP contribution in [0, 0.1) is 0 Å². The molecule has 3 nitrogen and oxygen atoms in total. The Balaban J connectivity index is 1.92. The summed E-state index contributed by atoms with van der Waals surface area (Å²) in [5.41, 5.74) is 0.684. The average Bonchev–Trinajstić information content (AvgIpc) is 2.90. The van der Waals surface area contributed by atoms with Gasteiger partial charge in [-0.2, -0.15) is 0 Å². The van der Waals surface area contributed by atoms with Gasteiger partial charge >= 0.3 is 5.97 Å². The average molecular weight is 291 g/mol. The highest BCUT2D eigenvalue weighted by molar-refractivity contribution is 7.17. The van der Waals surface area contributed by atoms with E-state index in [1.165, 1.54) is 0 Å². The van der Waals surface area contributed by atoms with Crippen LogP contribution in [0.15, 0.2) is 29.6 Å². The number of fused-ring (bicyclic) bond motifs is 1. The minimum absolute atomic E-state index is 0.213. The summed E-state index contributed by atoms with van der Waals surface area (Å²) in [6.45, 7) is 7.59. The first kappa shape index (κ1) is 15.0. The molecule has 1 aromatic heterocycles. The maximum absolute atomic E-state index is 12.1. The fourth-order valence-corrected chi connectivity index (χ4v) is 3.16. The number of ether oxygens (including phenoxy) is 1. The Hall–Kier alpha value is -1.39. The zero-order valence-corrected chi connectivity index (χ0v) is 12.9. The van der Waals surface area contributed by atoms with Crippen molar-refractivity contribution >= 4 is 27.4 Å². The fourth-order valence-electron chi connectivity index (χ4n) is 2.23. The quantitative estimate of drug-likeness (QED) is 0.727. The molecule has 0 saturated carbocycles. The van der Waals surface area contributed by atoms with Crippen LogP contribution in [0.2, 0.25) is 0 Å². The molecule has 0 aliphatic rings. The number of nitrogens with zero attached hydrogens (tertiary/aromatic N) is 1. The van der Waals surface area contributed by atoms with Gasteiger partial charge < -0.3 is 9.64 Å². The number of rotatable bonds is 7. The summed E-state index contributed by atoms with van der Waals surface area (Å²) in [6.07, 6.45) is 1.12. The Morgan fingerprint density at radius 1 is 1.25 bits per heavy atom. The predicted octanol–water partition coefficient (Wildman–Crippen LogP) is 3.79. The first-order valence-corrected chi connectivity index (χ1v) is 8.00. The van der Waals surface area contributed by atoms with Crippen molar-refractivity contribution in [2.45, 2.75) is 20.3 Å². The maximum Gasteiger partial charge on any atom is 0.339 e. The third-order valence-electron chi connectivity index (χ3n) is 3.33. The molecule has 0 amide bonds. The molecule has 0 radical (unpaired) electrons. The topological polar surface area (TPSA) is 29.5 Å². The highest BCUT2D eigenvalue weighted by atomic mass is 32.1. The summed E-state index contributed by atoms with van der Waals surface area (Å²) in [7, 11) is 0. The second-order valence-electron chi connectivity index (χ2n) is 4.72. The SMILES string of the molecule is CCCN(CC)CCOC(=O)c1csc2ccccc12. The largest absolute Gasteiger partial charge is 0.461 e. The number of hydrogen-bond acceptors (Lipinski definition) is 4. The Morgan fingerprint density at radius 2 is 2.05 bits per heavy atom. The predicted molar refractivity (Wildman–Crippen MR) is 84.5 cm³/mol. The van der Waals surface area contributed by atoms with Gasteiger partial charge in [-0.25, -0.2) is 4.79 Å². The number of benzene rings is 1. The first-order chi connectivity index (χ1) is 9.76. The van der Waals surface area contributed by atoms with Gasteiger partial charge in [0.2, 0.25) is 0 Å². The van der Waals surface area contributed by atoms with Gasteiger partial charge in [-0.1, -0.05) is 32.0 Å². The third kappa shape index (κ3) is 3.58. The van der Waals surface area contributed by atoms with Crippen LogP contribution in [-0.4, -0.2) is 37.1 Å². The maximum atomic E-state index is 12.1. The van der Waals surface area contributed by atoms with Crippen molar-refractivity contribution in [1.82, 2.24) is 4.90 Å². The van der Waals surface area contributed by atoms with Gasteiger partial charge in [-0.15, -0.1) is 11.3 Å². The number of esters is 1. The van der Waals surface area contributed by atoms with Crippen LogP contribution >= 0.6 is 11.3 Å². The second kappa shape index (κ2) is 7.41. The van der Waals surface area contributed by atoms with Crippen LogP contribution in [-0.2, 0) is 4.74 Å². The van der Waals surface area contributed by atoms with Gasteiger partial charge in [-0.05, 0) is 25.6 Å². The van der Waals surface area contributed by atoms with E-state index in [9.17, 15) is 4.79 Å². The summed E-state index contributed by atoms with van der Waals surface area (Å²) in [6, 6.07) is 7.93. The van der Waals surface area contributed by atoms with Crippen molar-refractivity contribution in [3.8, 4) is 0 Å². The number of carbonyl (C=O) groups is 1. The van der Waals surface area contributed by atoms with E-state index in [4.69, 9.17) is 4.74 Å². The molecule has 0 saturated heterocycles. The summed E-state index contributed by atoms with van der Waals surface area (Å²) in [5.74, 6) is -0.213. The lowest BCUT2D eigenvalue weighted by Gasteiger charge is -2.18. The Bertz CT molecular complexity index is 564. The molecule has 0 fully saturated rings. The lowest BCUT2D eigenvalue weighted by Crippen LogP contribution is -2.28. The molecule has 108 valence electrons. The molecule has 0 aliphatic carbocycles. The molecule has 1 heterocycles. The molecular weight excluding hydrogens is 270 g/mol. The molecule has 0 unspecified atom stereocenters. The van der Waals surface area contributed by atoms with Crippen molar-refractivity contribution in [3.63, 3.8) is 0 Å². The summed E-state index contributed by atoms with van der Waals surface area (Å²) in [4.78, 5) is 14.4. The summed E-state index contributed by atoms with van der Waals surface area (Å²) in [5, 5.41) is 2.87. The molecular formula is C16H21NO2S. The van der Waals surface area contributed by atoms with Crippen molar-refractivity contribution in [2.24, 2.45) is 0 Å². The molecule has 0 spiro atoms. The van der Waals surface area contributed by atoms with Gasteiger partial charge in [0.1, 0.15) is 6.61 Å². The summed E-state index contributed by atoms with van der Waals surface area (Å²) < 4.78 is 6.52. The van der Waals surface area contributed by atoms with E-state index >= 15 is 0 Å². The monoisotopic (exact) mass is 291 g/mol. The summed E-state index contributed by atoms with van der Waals surface area (Å²) >= 11 is 1.58. The van der Waals surface area contributed by atoms with Gasteiger partial charge in [0.25, 0.3) is 0 Å². The number of hydrogen-bond donors (Lipinski definition) is 0. The molecule has 0 N–H and O–H groups in total. The van der Waals surface area contributed by atoms with E-state index in [2.05, 4.69) is 18.7 Å². The van der Waals surface area contributed by atoms with E-state index in [0.29, 0.717) is 12.2 Å². The zero-order chi connectivity index (χ0) is 14.4. The second-order valence-corrected chi connectivity index (χ2v) is 5.63. The van der Waals surface area contributed by atoms with Crippen LogP contribution in [0.3, 0.4) is 0 Å². The molecule has 2 rings (SSSR count). The Morgan fingerprint density at radius 3 is 2.80 bits per heavy atom. The third-order valence-corrected chi connectivity index (χ3v) is 4.29. The highest BCUT2D eigenvalue weighted by Gasteiger charge is 2.13. The van der Waals surface area contributed by atoms with Crippen LogP contribution in [0.1, 0.15) is 30.6 Å². The smallest absolute Gasteiger partial charge is 0.339 e. The number of carbonyl (C=O) groups excluding carboxylic acids is 1. The van der Waals surface area contributed by atoms with Crippen LogP contribution in [0.25, 0.3) is 10.1 Å². The lowest BCUT2D eigenvalue weighted by molar-refractivity contribution is 0.0467. The standard InChI is InChI=1S/C16H21NO2S/c1-3-9-17(4-2)10-11-19-16(18)14-12-20-15-8-6-5-7-13(14)15/h5-8,12H,3-4,9-11H2,1-2H3. The Kier molecular flexibility index (Phi) is 5.56. The van der Waals surface area contributed by atoms with Crippen LogP contribution in [0.5, 0.6) is 0 Å². The van der Waals surface area contributed by atoms with E-state index in [1.54, 1.807) is 11.3 Å². The number of thiophene rings is 1. The van der Waals surface area contributed by atoms with E-state index in [1.807, 2.05) is 29.6 Å². The highest BCUT2D eigenvalue weighted by Crippen LogP contribution is 2.26. The molecule has 1 aromatic carbocycles. The van der Waals surface area contributed by atoms with Crippen molar-refractivity contribution in [2.75, 3.05) is 26.2 Å². The fraction of sp³-hybridized carbons (Fsp3) is 0.438. The first-order valence-electron chi connectivity index (χ1n) is 7.12. The molecule has 20 heavy (non-hydrogen) atoms. The molecule has 4 heteroatoms. The van der Waals surface area contributed by atoms with Crippen LogP contribution < -0.4 is 0 Å². The molecule has 0 bridgehead atoms. The van der Waals surface area contributed by atoms with Gasteiger partial charge in [0, 0.05) is 22.0 Å². The van der Waals surface area contributed by atoms with Crippen molar-refractivity contribution in [1.29, 1.82) is 0 Å². The van der Waals surface area contributed by atoms with Crippen molar-refractivity contribution < 1.29 is 9.53 Å². The van der Waals surface area contributed by atoms with Gasteiger partial charge in [-0.3, -0.25) is 0 Å². The van der Waals surface area contributed by atoms with Gasteiger partial charge in [0.05, 0.1) is 5.56 Å². The molecule has 0 aliphatic heterocycles.